The van der Waals surface area contributed by atoms with Crippen LogP contribution in [0.5, 0.6) is 0 Å². The molecule has 7 heteroatoms. The van der Waals surface area contributed by atoms with Crippen molar-refractivity contribution in [2.45, 2.75) is 24.3 Å². The number of benzene rings is 1. The Morgan fingerprint density at radius 3 is 2.70 bits per heavy atom. The standard InChI is InChI=1S/C20H25N3O2S2/c1-26-17-5-2-4-16(12-17)22-20(25)19(24)21-13-15-7-9-23(10-8-15)14-18-6-3-11-27-18/h2-6,11-12,15H,7-10,13-14H2,1H3,(H,21,24)(H,22,25). The maximum Gasteiger partial charge on any atom is 0.313 e. The molecule has 0 bridgehead atoms. The van der Waals surface area contributed by atoms with Crippen molar-refractivity contribution in [3.05, 3.63) is 46.7 Å². The van der Waals surface area contributed by atoms with Gasteiger partial charge in [-0.1, -0.05) is 12.1 Å². The van der Waals surface area contributed by atoms with Crippen LogP contribution in [0.15, 0.2) is 46.7 Å². The highest BCUT2D eigenvalue weighted by Crippen LogP contribution is 2.20. The molecule has 0 spiro atoms. The van der Waals surface area contributed by atoms with E-state index in [4.69, 9.17) is 0 Å². The number of likely N-dealkylation sites (tertiary alicyclic amines) is 1. The number of piperidine rings is 1. The van der Waals surface area contributed by atoms with Crippen molar-refractivity contribution in [1.82, 2.24) is 10.2 Å². The number of anilines is 1. The van der Waals surface area contributed by atoms with Gasteiger partial charge >= 0.3 is 11.8 Å². The number of thioether (sulfide) groups is 1. The lowest BCUT2D eigenvalue weighted by atomic mass is 9.97. The van der Waals surface area contributed by atoms with Gasteiger partial charge in [0.1, 0.15) is 0 Å². The van der Waals surface area contributed by atoms with E-state index in [0.717, 1.165) is 37.4 Å². The lowest BCUT2D eigenvalue weighted by Gasteiger charge is -2.31. The number of amides is 2. The highest BCUT2D eigenvalue weighted by molar-refractivity contribution is 7.98. The first-order valence-electron chi connectivity index (χ1n) is 9.12. The topological polar surface area (TPSA) is 61.4 Å². The number of nitrogens with zero attached hydrogens (tertiary/aromatic N) is 1. The second-order valence-electron chi connectivity index (χ2n) is 6.69. The Balaban J connectivity index is 1.38. The molecule has 2 N–H and O–H groups in total. The highest BCUT2D eigenvalue weighted by Gasteiger charge is 2.21. The molecule has 1 aromatic heterocycles. The fourth-order valence-electron chi connectivity index (χ4n) is 3.18. The van der Waals surface area contributed by atoms with Crippen molar-refractivity contribution >= 4 is 40.6 Å². The molecular formula is C20H25N3O2S2. The van der Waals surface area contributed by atoms with E-state index in [0.29, 0.717) is 18.2 Å². The monoisotopic (exact) mass is 403 g/mol. The molecule has 1 aliphatic heterocycles. The summed E-state index contributed by atoms with van der Waals surface area (Å²) < 4.78 is 0. The van der Waals surface area contributed by atoms with Crippen LogP contribution >= 0.6 is 23.1 Å². The fraction of sp³-hybridized carbons (Fsp3) is 0.400. The van der Waals surface area contributed by atoms with E-state index in [1.807, 2.05) is 24.5 Å². The second-order valence-corrected chi connectivity index (χ2v) is 8.61. The summed E-state index contributed by atoms with van der Waals surface area (Å²) in [5, 5.41) is 7.56. The number of carbonyl (C=O) groups is 2. The Kier molecular flexibility index (Phi) is 7.32. The van der Waals surface area contributed by atoms with E-state index in [1.165, 1.54) is 4.88 Å². The minimum Gasteiger partial charge on any atom is -0.348 e. The summed E-state index contributed by atoms with van der Waals surface area (Å²) in [6.45, 7) is 3.64. The lowest BCUT2D eigenvalue weighted by molar-refractivity contribution is -0.136. The molecule has 1 aromatic carbocycles. The van der Waals surface area contributed by atoms with Crippen molar-refractivity contribution < 1.29 is 9.59 Å². The highest BCUT2D eigenvalue weighted by atomic mass is 32.2. The smallest absolute Gasteiger partial charge is 0.313 e. The van der Waals surface area contributed by atoms with Gasteiger partial charge in [-0.25, -0.2) is 0 Å². The lowest BCUT2D eigenvalue weighted by Crippen LogP contribution is -2.41. The summed E-state index contributed by atoms with van der Waals surface area (Å²) >= 11 is 3.39. The Morgan fingerprint density at radius 1 is 1.19 bits per heavy atom. The molecule has 0 unspecified atom stereocenters. The number of rotatable bonds is 6. The predicted molar refractivity (Wildman–Crippen MR) is 112 cm³/mol. The Hall–Kier alpha value is -1.83. The van der Waals surface area contributed by atoms with E-state index in [-0.39, 0.29) is 0 Å². The molecule has 2 heterocycles. The second kappa shape index (κ2) is 9.92. The van der Waals surface area contributed by atoms with Gasteiger partial charge in [-0.05, 0) is 67.8 Å². The van der Waals surface area contributed by atoms with Crippen molar-refractivity contribution in [2.24, 2.45) is 5.92 Å². The normalized spacial score (nSPS) is 15.4. The number of nitrogens with one attached hydrogen (secondary N) is 2. The maximum absolute atomic E-state index is 12.1. The third-order valence-corrected chi connectivity index (χ3v) is 6.34. The van der Waals surface area contributed by atoms with Crippen LogP contribution in [-0.2, 0) is 16.1 Å². The van der Waals surface area contributed by atoms with Gasteiger partial charge < -0.3 is 10.6 Å². The van der Waals surface area contributed by atoms with Crippen LogP contribution in [-0.4, -0.2) is 42.6 Å². The molecule has 1 fully saturated rings. The molecule has 2 aromatic rings. The first-order chi connectivity index (χ1) is 13.1. The van der Waals surface area contributed by atoms with E-state index in [1.54, 1.807) is 29.2 Å². The largest absolute Gasteiger partial charge is 0.348 e. The minimum absolute atomic E-state index is 0.432. The zero-order chi connectivity index (χ0) is 19.1. The quantitative estimate of drug-likeness (QED) is 0.573. The minimum atomic E-state index is -0.608. The molecular weight excluding hydrogens is 378 g/mol. The Labute approximate surface area is 168 Å². The van der Waals surface area contributed by atoms with Crippen LogP contribution in [0.4, 0.5) is 5.69 Å². The van der Waals surface area contributed by atoms with Crippen molar-refractivity contribution in [2.75, 3.05) is 31.2 Å². The summed E-state index contributed by atoms with van der Waals surface area (Å²) in [6, 6.07) is 11.7. The van der Waals surface area contributed by atoms with Crippen molar-refractivity contribution in [3.63, 3.8) is 0 Å². The third kappa shape index (κ3) is 6.09. The fourth-order valence-corrected chi connectivity index (χ4v) is 4.38. The Morgan fingerprint density at radius 2 is 2.00 bits per heavy atom. The van der Waals surface area contributed by atoms with E-state index < -0.39 is 11.8 Å². The SMILES string of the molecule is CSc1cccc(NC(=O)C(=O)NCC2CCN(Cc3cccs3)CC2)c1. The van der Waals surface area contributed by atoms with Gasteiger partial charge in [0.05, 0.1) is 0 Å². The first kappa shape index (κ1) is 19.9. The van der Waals surface area contributed by atoms with Crippen LogP contribution in [0, 0.1) is 5.92 Å². The summed E-state index contributed by atoms with van der Waals surface area (Å²) in [4.78, 5) is 29.1. The summed E-state index contributed by atoms with van der Waals surface area (Å²) in [5.74, 6) is -0.741. The zero-order valence-electron chi connectivity index (χ0n) is 15.4. The first-order valence-corrected chi connectivity index (χ1v) is 11.2. The molecule has 0 atom stereocenters. The van der Waals surface area contributed by atoms with Gasteiger partial charge in [-0.2, -0.15) is 0 Å². The van der Waals surface area contributed by atoms with Crippen molar-refractivity contribution in [1.29, 1.82) is 0 Å². The number of thiophene rings is 1. The number of hydrogen-bond acceptors (Lipinski definition) is 5. The number of carbonyl (C=O) groups excluding carboxylic acids is 2. The average Bonchev–Trinajstić information content (AvgIpc) is 3.20. The molecule has 27 heavy (non-hydrogen) atoms. The predicted octanol–water partition coefficient (Wildman–Crippen LogP) is 3.44. The van der Waals surface area contributed by atoms with Crippen LogP contribution in [0.2, 0.25) is 0 Å². The van der Waals surface area contributed by atoms with Gasteiger partial charge in [0.25, 0.3) is 0 Å². The van der Waals surface area contributed by atoms with Crippen LogP contribution in [0.3, 0.4) is 0 Å². The van der Waals surface area contributed by atoms with E-state index in [9.17, 15) is 9.59 Å². The van der Waals surface area contributed by atoms with Gasteiger partial charge in [0.15, 0.2) is 0 Å². The molecule has 2 amide bonds. The molecule has 0 radical (unpaired) electrons. The zero-order valence-corrected chi connectivity index (χ0v) is 17.1. The molecule has 144 valence electrons. The Bertz CT molecular complexity index is 756. The van der Waals surface area contributed by atoms with Gasteiger partial charge in [0, 0.05) is 28.5 Å². The molecule has 5 nitrogen and oxygen atoms in total. The summed E-state index contributed by atoms with van der Waals surface area (Å²) in [7, 11) is 0. The average molecular weight is 404 g/mol. The third-order valence-electron chi connectivity index (χ3n) is 4.75. The molecule has 1 saturated heterocycles. The van der Waals surface area contributed by atoms with Crippen LogP contribution in [0.1, 0.15) is 17.7 Å². The summed E-state index contributed by atoms with van der Waals surface area (Å²) in [5.41, 5.74) is 0.642. The molecule has 1 aliphatic rings. The van der Waals surface area contributed by atoms with E-state index in [2.05, 4.69) is 33.0 Å². The van der Waals surface area contributed by atoms with Gasteiger partial charge in [-0.3, -0.25) is 14.5 Å². The van der Waals surface area contributed by atoms with Crippen LogP contribution < -0.4 is 10.6 Å². The maximum atomic E-state index is 12.1. The van der Waals surface area contributed by atoms with Crippen LogP contribution in [0.25, 0.3) is 0 Å². The molecule has 0 saturated carbocycles. The van der Waals surface area contributed by atoms with Gasteiger partial charge in [0.2, 0.25) is 0 Å². The van der Waals surface area contributed by atoms with E-state index >= 15 is 0 Å². The molecule has 3 rings (SSSR count). The summed E-state index contributed by atoms with van der Waals surface area (Å²) in [6.07, 6.45) is 4.06. The molecule has 0 aliphatic carbocycles. The van der Waals surface area contributed by atoms with Gasteiger partial charge in [-0.15, -0.1) is 23.1 Å². The number of hydrogen-bond donors (Lipinski definition) is 2. The van der Waals surface area contributed by atoms with Crippen molar-refractivity contribution in [3.8, 4) is 0 Å².